The van der Waals surface area contributed by atoms with Gasteiger partial charge >= 0.3 is 19.8 Å². The summed E-state index contributed by atoms with van der Waals surface area (Å²) in [6, 6.07) is 56.8. The van der Waals surface area contributed by atoms with Crippen molar-refractivity contribution in [2.45, 2.75) is 403 Å². The van der Waals surface area contributed by atoms with E-state index in [-0.39, 0.29) is 65.7 Å². The lowest BCUT2D eigenvalue weighted by Crippen LogP contribution is -2.69. The summed E-state index contributed by atoms with van der Waals surface area (Å²) in [5.74, 6) is -1.04. The number of unbranched alkanes of at least 4 members (excludes halogenated alkanes) is 37. The third kappa shape index (κ3) is 43.8. The van der Waals surface area contributed by atoms with E-state index < -0.39 is 106 Å². The van der Waals surface area contributed by atoms with E-state index in [0.717, 1.165) is 110 Å². The molecule has 1 saturated carbocycles. The molecule has 20 nitrogen and oxygen atoms in total. The first kappa shape index (κ1) is 105. The molecule has 698 valence electrons. The monoisotopic (exact) mass is 1760 g/mol. The first-order chi connectivity index (χ1) is 62.0. The largest absolute Gasteiger partial charge is 0.472 e. The van der Waals surface area contributed by atoms with E-state index in [4.69, 9.17) is 61.2 Å². The molecule has 1 aliphatic carbocycles. The number of azide groups is 1. The molecule has 1 heterocycles. The van der Waals surface area contributed by atoms with Crippen LogP contribution in [0.2, 0.25) is 0 Å². The van der Waals surface area contributed by atoms with Crippen molar-refractivity contribution in [2.24, 2.45) is 5.11 Å². The Kier molecular flexibility index (Phi) is 55.4. The molecule has 0 spiro atoms. The minimum atomic E-state index is -5.51. The number of hydrogen-bond acceptors (Lipinski definition) is 17. The molecule has 1 aliphatic heterocycles. The van der Waals surface area contributed by atoms with E-state index in [1.54, 1.807) is 0 Å². The SMILES string of the molecule is CCCCCCCCCCCCCCCCO[C@@H]1[C@H](OCc2ccccc2)[C@@H](OCc2ccccc2)[C@H](OCc2ccccc2)[C@@H](O[C@H]2O[C@H](COCc3ccccc3)[C@@H](OCc3ccccc3)[C@H](OCc3ccccc3)[C@H]2N=[N+]=[N-])[C@@H]1OP(=O)(O)OC[C@@H](COC(=O)CCCCCCCCCCCCCCC)OC(=O)CCCCCCCCCCCCCCC. The Morgan fingerprint density at radius 3 is 1.05 bits per heavy atom. The summed E-state index contributed by atoms with van der Waals surface area (Å²) in [5, 5.41) is 4.54. The van der Waals surface area contributed by atoms with Crippen LogP contribution in [0.4, 0.5) is 0 Å². The summed E-state index contributed by atoms with van der Waals surface area (Å²) in [7, 11) is -5.51. The highest BCUT2D eigenvalue weighted by atomic mass is 31.2. The zero-order chi connectivity index (χ0) is 88.6. The topological polar surface area (TPSA) is 240 Å². The molecule has 2 aliphatic rings. The molecule has 6 aromatic rings. The molecule has 0 bridgehead atoms. The van der Waals surface area contributed by atoms with Crippen molar-refractivity contribution in [1.29, 1.82) is 0 Å². The molecule has 1 N–H and O–H groups in total. The van der Waals surface area contributed by atoms with E-state index in [9.17, 15) is 20.0 Å². The van der Waals surface area contributed by atoms with Crippen molar-refractivity contribution in [3.05, 3.63) is 226 Å². The molecule has 2 fully saturated rings. The summed E-state index contributed by atoms with van der Waals surface area (Å²) in [6.07, 6.45) is 31.5. The highest BCUT2D eigenvalue weighted by Gasteiger charge is 2.59. The second-order valence-corrected chi connectivity index (χ2v) is 36.1. The van der Waals surface area contributed by atoms with Gasteiger partial charge < -0.3 is 57.0 Å². The van der Waals surface area contributed by atoms with Crippen LogP contribution in [0.1, 0.15) is 324 Å². The van der Waals surface area contributed by atoms with Gasteiger partial charge in [-0.2, -0.15) is 0 Å². The molecule has 0 radical (unpaired) electrons. The van der Waals surface area contributed by atoms with Crippen LogP contribution < -0.4 is 0 Å². The second-order valence-electron chi connectivity index (χ2n) is 34.7. The molecular formula is C105H156N3O17P. The maximum Gasteiger partial charge on any atom is 0.472 e. The van der Waals surface area contributed by atoms with Crippen LogP contribution in [0, 0.1) is 0 Å². The van der Waals surface area contributed by atoms with Gasteiger partial charge in [0.25, 0.3) is 0 Å². The number of esters is 2. The molecule has 126 heavy (non-hydrogen) atoms. The number of carbonyl (C=O) groups excluding carboxylic acids is 2. The van der Waals surface area contributed by atoms with Gasteiger partial charge in [0.1, 0.15) is 67.6 Å². The first-order valence-corrected chi connectivity index (χ1v) is 50.4. The number of benzene rings is 6. The molecule has 0 aromatic heterocycles. The number of hydrogen-bond donors (Lipinski definition) is 1. The zero-order valence-electron chi connectivity index (χ0n) is 76.8. The Morgan fingerprint density at radius 1 is 0.373 bits per heavy atom. The predicted molar refractivity (Wildman–Crippen MR) is 500 cm³/mol. The van der Waals surface area contributed by atoms with Crippen LogP contribution in [0.5, 0.6) is 0 Å². The van der Waals surface area contributed by atoms with Gasteiger partial charge in [-0.15, -0.1) is 0 Å². The lowest BCUT2D eigenvalue weighted by Gasteiger charge is -2.52. The number of ether oxygens (including phenoxy) is 11. The van der Waals surface area contributed by atoms with E-state index in [1.165, 1.54) is 161 Å². The summed E-state index contributed by atoms with van der Waals surface area (Å²) in [4.78, 5) is 44.4. The summed E-state index contributed by atoms with van der Waals surface area (Å²) in [5.41, 5.74) is 16.0. The summed E-state index contributed by atoms with van der Waals surface area (Å²) in [6.45, 7) is 5.99. The van der Waals surface area contributed by atoms with Gasteiger partial charge in [-0.1, -0.05) is 445 Å². The maximum atomic E-state index is 16.0. The number of nitrogens with zero attached hydrogens (tertiary/aromatic N) is 3. The third-order valence-corrected chi connectivity index (χ3v) is 25.0. The van der Waals surface area contributed by atoms with E-state index >= 15 is 4.57 Å². The Labute approximate surface area is 756 Å². The molecule has 0 amide bonds. The van der Waals surface area contributed by atoms with Crippen LogP contribution in [-0.2, 0) is 115 Å². The van der Waals surface area contributed by atoms with Gasteiger partial charge in [0.05, 0.1) is 52.9 Å². The quantitative estimate of drug-likeness (QED) is 0.00932. The maximum absolute atomic E-state index is 16.0. The van der Waals surface area contributed by atoms with Crippen molar-refractivity contribution in [1.82, 2.24) is 0 Å². The summed E-state index contributed by atoms with van der Waals surface area (Å²) >= 11 is 0. The zero-order valence-corrected chi connectivity index (χ0v) is 77.7. The smallest absolute Gasteiger partial charge is 0.462 e. The number of phosphoric ester groups is 1. The average Bonchev–Trinajstić information content (AvgIpc) is 0.749. The van der Waals surface area contributed by atoms with Gasteiger partial charge in [-0.3, -0.25) is 18.6 Å². The lowest BCUT2D eigenvalue weighted by molar-refractivity contribution is -0.336. The minimum absolute atomic E-state index is 0.0247. The standard InChI is InChI=1S/C105H156N3O17P/c1-4-7-10-13-16-19-22-25-28-31-34-37-40-61-76-114-102-100(119-81-90-70-55-45-56-71-90)99(118-80-89-68-53-44-54-69-89)101(120-82-91-72-57-46-58-73-91)103(124-105-96(107-108-106)98(117-79-88-66-51-43-52-67-88)97(116-78-87-64-49-42-50-65-87)93(123-105)85-113-77-86-62-47-41-48-63-86)104(102)125-126(111,112)121-84-92(122-95(110)75-60-39-36-33-30-27-24-21-18-15-12-9-6-3)83-115-94(109)74-59-38-35-32-29-26-23-20-17-14-11-8-5-2/h41-58,62-73,92-93,96-105H,4-40,59-61,74-85H2,1-3H3,(H,111,112)/t92-,93-,96-,97-,98-,99-,100-,101+,102-,103-,104-,105-/m1/s1. The van der Waals surface area contributed by atoms with Gasteiger partial charge in [0.15, 0.2) is 12.4 Å². The fourth-order valence-electron chi connectivity index (χ4n) is 16.8. The van der Waals surface area contributed by atoms with Crippen molar-refractivity contribution < 1.29 is 80.2 Å². The normalized spacial score (nSPS) is 20.1. The Bertz CT molecular complexity index is 3770. The van der Waals surface area contributed by atoms with E-state index in [0.29, 0.717) is 19.3 Å². The van der Waals surface area contributed by atoms with E-state index in [2.05, 4.69) is 30.8 Å². The van der Waals surface area contributed by atoms with Gasteiger partial charge in [-0.05, 0) is 58.2 Å². The van der Waals surface area contributed by atoms with Crippen LogP contribution in [0.15, 0.2) is 187 Å². The minimum Gasteiger partial charge on any atom is -0.462 e. The van der Waals surface area contributed by atoms with Crippen molar-refractivity contribution >= 4 is 19.8 Å². The van der Waals surface area contributed by atoms with Gasteiger partial charge in [0.2, 0.25) is 0 Å². The second kappa shape index (κ2) is 66.6. The Morgan fingerprint density at radius 2 is 0.683 bits per heavy atom. The van der Waals surface area contributed by atoms with Crippen LogP contribution in [-0.4, -0.2) is 117 Å². The van der Waals surface area contributed by atoms with Gasteiger partial charge in [0, 0.05) is 24.4 Å². The molecule has 1 unspecified atom stereocenters. The fraction of sp³-hybridized carbons (Fsp3) is 0.638. The molecule has 1 saturated heterocycles. The number of rotatable bonds is 74. The molecule has 13 atom stereocenters. The summed E-state index contributed by atoms with van der Waals surface area (Å²) < 4.78 is 106. The number of carbonyl (C=O) groups is 2. The molecular weight excluding hydrogens is 1610 g/mol. The number of phosphoric acid groups is 1. The molecule has 21 heteroatoms. The first-order valence-electron chi connectivity index (χ1n) is 48.9. The van der Waals surface area contributed by atoms with Crippen LogP contribution in [0.25, 0.3) is 10.4 Å². The van der Waals surface area contributed by atoms with Crippen molar-refractivity contribution in [2.75, 3.05) is 26.4 Å². The average molecular weight is 1760 g/mol. The van der Waals surface area contributed by atoms with Crippen molar-refractivity contribution in [3.63, 3.8) is 0 Å². The highest BCUT2D eigenvalue weighted by Crippen LogP contribution is 2.50. The molecule has 6 aromatic carbocycles. The Hall–Kier alpha value is -6.68. The Balaban J connectivity index is 1.16. The van der Waals surface area contributed by atoms with E-state index in [1.807, 2.05) is 182 Å². The van der Waals surface area contributed by atoms with Crippen molar-refractivity contribution in [3.8, 4) is 0 Å². The third-order valence-electron chi connectivity index (χ3n) is 24.0. The molecule has 8 rings (SSSR count). The fourth-order valence-corrected chi connectivity index (χ4v) is 17.8. The highest BCUT2D eigenvalue weighted by molar-refractivity contribution is 7.47. The van der Waals surface area contributed by atoms with Gasteiger partial charge in [-0.25, -0.2) is 4.57 Å². The van der Waals surface area contributed by atoms with Crippen LogP contribution >= 0.6 is 7.82 Å². The lowest BCUT2D eigenvalue weighted by atomic mass is 9.83. The van der Waals surface area contributed by atoms with Crippen LogP contribution in [0.3, 0.4) is 0 Å². The predicted octanol–water partition coefficient (Wildman–Crippen LogP) is 26.7.